The van der Waals surface area contributed by atoms with E-state index in [1.54, 1.807) is 11.8 Å². The Balaban J connectivity index is 2.04. The molecule has 18 heavy (non-hydrogen) atoms. The van der Waals surface area contributed by atoms with Crippen molar-refractivity contribution in [2.75, 3.05) is 7.11 Å². The van der Waals surface area contributed by atoms with Crippen LogP contribution in [0.1, 0.15) is 11.3 Å². The molecule has 1 aromatic heterocycles. The van der Waals surface area contributed by atoms with Crippen LogP contribution in [0.2, 0.25) is 0 Å². The Morgan fingerprint density at radius 1 is 1.28 bits per heavy atom. The van der Waals surface area contributed by atoms with Crippen LogP contribution in [-0.2, 0) is 13.7 Å². The molecule has 4 nitrogen and oxygen atoms in total. The normalized spacial score (nSPS) is 10.4. The van der Waals surface area contributed by atoms with Crippen molar-refractivity contribution in [2.45, 2.75) is 13.5 Å². The Hall–Kier alpha value is -1.49. The fourth-order valence-corrected chi connectivity index (χ4v) is 1.97. The molecule has 5 heteroatoms. The highest BCUT2D eigenvalue weighted by molar-refractivity contribution is 9.10. The average molecular weight is 311 g/mol. The van der Waals surface area contributed by atoms with Crippen LogP contribution in [-0.4, -0.2) is 16.9 Å². The predicted molar refractivity (Wildman–Crippen MR) is 73.0 cm³/mol. The van der Waals surface area contributed by atoms with Crippen LogP contribution in [0.4, 0.5) is 0 Å². The lowest BCUT2D eigenvalue weighted by Crippen LogP contribution is -1.97. The van der Waals surface area contributed by atoms with Gasteiger partial charge in [0.15, 0.2) is 0 Å². The number of aromatic nitrogens is 2. The number of ether oxygens (including phenoxy) is 2. The van der Waals surface area contributed by atoms with Crippen molar-refractivity contribution >= 4 is 15.9 Å². The Bertz CT molecular complexity index is 535. The van der Waals surface area contributed by atoms with Crippen LogP contribution < -0.4 is 9.47 Å². The van der Waals surface area contributed by atoms with E-state index in [1.165, 1.54) is 0 Å². The van der Waals surface area contributed by atoms with Crippen molar-refractivity contribution in [3.63, 3.8) is 0 Å². The quantitative estimate of drug-likeness (QED) is 0.870. The van der Waals surface area contributed by atoms with Crippen molar-refractivity contribution in [3.8, 4) is 11.6 Å². The minimum atomic E-state index is 0.485. The summed E-state index contributed by atoms with van der Waals surface area (Å²) in [7, 11) is 3.54. The fourth-order valence-electron chi connectivity index (χ4n) is 1.52. The van der Waals surface area contributed by atoms with E-state index in [-0.39, 0.29) is 0 Å². The van der Waals surface area contributed by atoms with Gasteiger partial charge in [-0.15, -0.1) is 5.10 Å². The number of nitrogens with zero attached hydrogens (tertiary/aromatic N) is 2. The summed E-state index contributed by atoms with van der Waals surface area (Å²) in [6.45, 7) is 2.47. The molecular weight excluding hydrogens is 296 g/mol. The molecule has 0 bridgehead atoms. The first-order valence-electron chi connectivity index (χ1n) is 5.56. The summed E-state index contributed by atoms with van der Waals surface area (Å²) in [4.78, 5) is 0. The first kappa shape index (κ1) is 13.0. The van der Waals surface area contributed by atoms with E-state index in [4.69, 9.17) is 9.47 Å². The van der Waals surface area contributed by atoms with Gasteiger partial charge in [0.05, 0.1) is 12.8 Å². The maximum atomic E-state index is 5.68. The third kappa shape index (κ3) is 2.67. The Morgan fingerprint density at radius 3 is 2.44 bits per heavy atom. The molecule has 0 aliphatic rings. The molecular formula is C13H15BrN2O2. The molecule has 2 rings (SSSR count). The van der Waals surface area contributed by atoms with Gasteiger partial charge in [-0.25, -0.2) is 0 Å². The molecule has 0 aliphatic carbocycles. The molecule has 0 unspecified atom stereocenters. The van der Waals surface area contributed by atoms with Crippen molar-refractivity contribution in [1.82, 2.24) is 9.78 Å². The average Bonchev–Trinajstić information content (AvgIpc) is 2.64. The predicted octanol–water partition coefficient (Wildman–Crippen LogP) is 3.08. The summed E-state index contributed by atoms with van der Waals surface area (Å²) < 4.78 is 13.5. The molecule has 0 saturated heterocycles. The molecule has 0 spiro atoms. The first-order chi connectivity index (χ1) is 8.61. The lowest BCUT2D eigenvalue weighted by Gasteiger charge is -2.05. The van der Waals surface area contributed by atoms with Crippen molar-refractivity contribution in [1.29, 1.82) is 0 Å². The van der Waals surface area contributed by atoms with E-state index in [1.807, 2.05) is 38.2 Å². The SMILES string of the molecule is COc1ccc(COc2nn(C)c(C)c2Br)cc1. The van der Waals surface area contributed by atoms with E-state index in [2.05, 4.69) is 21.0 Å². The highest BCUT2D eigenvalue weighted by Crippen LogP contribution is 2.27. The van der Waals surface area contributed by atoms with Gasteiger partial charge in [0.25, 0.3) is 0 Å². The van der Waals surface area contributed by atoms with Crippen LogP contribution in [0.25, 0.3) is 0 Å². The highest BCUT2D eigenvalue weighted by atomic mass is 79.9. The van der Waals surface area contributed by atoms with Gasteiger partial charge in [-0.2, -0.15) is 0 Å². The van der Waals surface area contributed by atoms with Crippen molar-refractivity contribution < 1.29 is 9.47 Å². The smallest absolute Gasteiger partial charge is 0.247 e. The maximum Gasteiger partial charge on any atom is 0.247 e. The first-order valence-corrected chi connectivity index (χ1v) is 6.36. The summed E-state index contributed by atoms with van der Waals surface area (Å²) in [5.74, 6) is 1.46. The van der Waals surface area contributed by atoms with Crippen molar-refractivity contribution in [2.24, 2.45) is 7.05 Å². The molecule has 0 aliphatic heterocycles. The second-order valence-electron chi connectivity index (χ2n) is 3.96. The summed E-state index contributed by atoms with van der Waals surface area (Å²) in [6.07, 6.45) is 0. The topological polar surface area (TPSA) is 36.3 Å². The van der Waals surface area contributed by atoms with E-state index < -0.39 is 0 Å². The van der Waals surface area contributed by atoms with Crippen LogP contribution in [0.15, 0.2) is 28.7 Å². The molecule has 2 aromatic rings. The largest absolute Gasteiger partial charge is 0.497 e. The molecule has 96 valence electrons. The second kappa shape index (κ2) is 5.44. The number of benzene rings is 1. The van der Waals surface area contributed by atoms with Gasteiger partial charge in [-0.3, -0.25) is 4.68 Å². The van der Waals surface area contributed by atoms with Gasteiger partial charge in [-0.05, 0) is 40.5 Å². The summed E-state index contributed by atoms with van der Waals surface area (Å²) in [5, 5.41) is 4.28. The standard InChI is InChI=1S/C13H15BrN2O2/c1-9-12(14)13(15-16(9)2)18-8-10-4-6-11(17-3)7-5-10/h4-7H,8H2,1-3H3. The molecule has 0 N–H and O–H groups in total. The zero-order valence-corrected chi connectivity index (χ0v) is 12.2. The summed E-state index contributed by atoms with van der Waals surface area (Å²) >= 11 is 3.47. The maximum absolute atomic E-state index is 5.68. The van der Waals surface area contributed by atoms with Crippen LogP contribution in [0.3, 0.4) is 0 Å². The van der Waals surface area contributed by atoms with Crippen LogP contribution in [0.5, 0.6) is 11.6 Å². The number of hydrogen-bond acceptors (Lipinski definition) is 3. The Kier molecular flexibility index (Phi) is 3.91. The van der Waals surface area contributed by atoms with Crippen LogP contribution >= 0.6 is 15.9 Å². The van der Waals surface area contributed by atoms with Gasteiger partial charge < -0.3 is 9.47 Å². The molecule has 1 aromatic carbocycles. The zero-order chi connectivity index (χ0) is 13.1. The molecule has 0 fully saturated rings. The monoisotopic (exact) mass is 310 g/mol. The van der Waals surface area contributed by atoms with E-state index in [0.29, 0.717) is 12.5 Å². The zero-order valence-electron chi connectivity index (χ0n) is 10.6. The molecule has 0 saturated carbocycles. The molecule has 0 amide bonds. The summed E-state index contributed by atoms with van der Waals surface area (Å²) in [6, 6.07) is 7.78. The third-order valence-electron chi connectivity index (χ3n) is 2.77. The minimum Gasteiger partial charge on any atom is -0.497 e. The Labute approximate surface area is 115 Å². The lowest BCUT2D eigenvalue weighted by molar-refractivity contribution is 0.289. The van der Waals surface area contributed by atoms with Gasteiger partial charge in [0.2, 0.25) is 5.88 Å². The molecule has 1 heterocycles. The van der Waals surface area contributed by atoms with E-state index in [9.17, 15) is 0 Å². The fraction of sp³-hybridized carbons (Fsp3) is 0.308. The number of methoxy groups -OCH3 is 1. The van der Waals surface area contributed by atoms with Gasteiger partial charge in [0.1, 0.15) is 16.8 Å². The molecule has 0 radical (unpaired) electrons. The number of aryl methyl sites for hydroxylation is 1. The number of hydrogen-bond donors (Lipinski definition) is 0. The van der Waals surface area contributed by atoms with Crippen molar-refractivity contribution in [3.05, 3.63) is 40.0 Å². The van der Waals surface area contributed by atoms with E-state index in [0.717, 1.165) is 21.5 Å². The van der Waals surface area contributed by atoms with Gasteiger partial charge >= 0.3 is 0 Å². The summed E-state index contributed by atoms with van der Waals surface area (Å²) in [5.41, 5.74) is 2.12. The second-order valence-corrected chi connectivity index (χ2v) is 4.76. The number of halogens is 1. The highest BCUT2D eigenvalue weighted by Gasteiger charge is 2.11. The van der Waals surface area contributed by atoms with Crippen LogP contribution in [0, 0.1) is 6.92 Å². The van der Waals surface area contributed by atoms with Gasteiger partial charge in [-0.1, -0.05) is 12.1 Å². The minimum absolute atomic E-state index is 0.485. The number of rotatable bonds is 4. The molecule has 0 atom stereocenters. The third-order valence-corrected chi connectivity index (χ3v) is 3.68. The lowest BCUT2D eigenvalue weighted by atomic mass is 10.2. The van der Waals surface area contributed by atoms with E-state index >= 15 is 0 Å². The Morgan fingerprint density at radius 2 is 1.94 bits per heavy atom. The van der Waals surface area contributed by atoms with Gasteiger partial charge in [0, 0.05) is 7.05 Å².